The van der Waals surface area contributed by atoms with Crippen molar-refractivity contribution in [3.8, 4) is 11.1 Å². The molecule has 4 nitrogen and oxygen atoms in total. The second-order valence-corrected chi connectivity index (χ2v) is 5.59. The fraction of sp³-hybridized carbons (Fsp3) is 0. The summed E-state index contributed by atoms with van der Waals surface area (Å²) in [4.78, 5) is 22.0. The van der Waals surface area contributed by atoms with Gasteiger partial charge in [-0.3, -0.25) is 0 Å². The first-order valence-corrected chi connectivity index (χ1v) is 8.55. The van der Waals surface area contributed by atoms with E-state index in [1.54, 1.807) is 24.3 Å². The van der Waals surface area contributed by atoms with Gasteiger partial charge in [0.1, 0.15) is 0 Å². The molecule has 0 saturated heterocycles. The van der Waals surface area contributed by atoms with Crippen molar-refractivity contribution < 1.29 is 41.5 Å². The van der Waals surface area contributed by atoms with Crippen molar-refractivity contribution in [2.24, 2.45) is 0 Å². The molecule has 0 N–H and O–H groups in total. The average molecular weight is 418 g/mol. The Morgan fingerprint density at radius 1 is 0.552 bits per heavy atom. The van der Waals surface area contributed by atoms with Gasteiger partial charge in [-0.05, 0) is 11.1 Å². The molecule has 0 unspecified atom stereocenters. The minimum absolute atomic E-state index is 0. The number of carboxylic acid groups (broad SMARTS) is 2. The molecule has 29 heavy (non-hydrogen) atoms. The van der Waals surface area contributed by atoms with Gasteiger partial charge in [0.25, 0.3) is 0 Å². The first-order chi connectivity index (χ1) is 13.6. The minimum Gasteiger partial charge on any atom is -0.545 e. The van der Waals surface area contributed by atoms with Crippen LogP contribution in [0.15, 0.2) is 109 Å². The predicted octanol–water partition coefficient (Wildman–Crippen LogP) is 2.89. The van der Waals surface area contributed by atoms with Gasteiger partial charge >= 0.3 is 21.7 Å². The number of aromatic carboxylic acids is 2. The van der Waals surface area contributed by atoms with Gasteiger partial charge in [0, 0.05) is 11.1 Å². The first kappa shape index (κ1) is 23.8. The second-order valence-electron chi connectivity index (χ2n) is 5.59. The van der Waals surface area contributed by atoms with Gasteiger partial charge in [-0.25, -0.2) is 24.3 Å². The van der Waals surface area contributed by atoms with Crippen molar-refractivity contribution in [1.29, 1.82) is 0 Å². The molecular formula is C24H18O4Ti. The van der Waals surface area contributed by atoms with Crippen LogP contribution in [0, 0.1) is 0 Å². The zero-order chi connectivity index (χ0) is 20.2. The minimum atomic E-state index is -1.35. The van der Waals surface area contributed by atoms with E-state index in [-0.39, 0.29) is 32.8 Å². The third-order valence-corrected chi connectivity index (χ3v) is 3.70. The van der Waals surface area contributed by atoms with Crippen molar-refractivity contribution in [1.82, 2.24) is 0 Å². The van der Waals surface area contributed by atoms with Gasteiger partial charge < -0.3 is 19.8 Å². The summed E-state index contributed by atoms with van der Waals surface area (Å²) in [5.41, 5.74) is 0.506. The molecule has 4 aromatic rings. The molecule has 4 rings (SSSR count). The van der Waals surface area contributed by atoms with E-state index in [2.05, 4.69) is 0 Å². The standard InChI is InChI=1S/C14H10O4.2C5H5.Ti/c15-13(16)11-7-3-1-5-9(11)10-6-2-4-8-12(10)14(17)18;2*1-2-4-5-3-1;/h1-8H,(H,15,16)(H,17,18);2*1-5H;/q;2*-1;+4/p-2. The predicted molar refractivity (Wildman–Crippen MR) is 105 cm³/mol. The summed E-state index contributed by atoms with van der Waals surface area (Å²) in [6, 6.07) is 32.2. The molecule has 142 valence electrons. The van der Waals surface area contributed by atoms with Crippen LogP contribution in [0.5, 0.6) is 0 Å². The van der Waals surface area contributed by atoms with Crippen LogP contribution in [-0.4, -0.2) is 11.9 Å². The van der Waals surface area contributed by atoms with Crippen LogP contribution in [0.2, 0.25) is 0 Å². The van der Waals surface area contributed by atoms with E-state index in [1.807, 2.05) is 60.7 Å². The number of carbonyl (C=O) groups is 2. The molecule has 0 aliphatic heterocycles. The van der Waals surface area contributed by atoms with Crippen molar-refractivity contribution in [3.05, 3.63) is 120 Å². The molecule has 0 aliphatic carbocycles. The normalized spacial score (nSPS) is 8.97. The van der Waals surface area contributed by atoms with Gasteiger partial charge in [-0.15, -0.1) is 0 Å². The largest absolute Gasteiger partial charge is 4.00 e. The molecule has 0 atom stereocenters. The monoisotopic (exact) mass is 418 g/mol. The molecule has 0 heterocycles. The Morgan fingerprint density at radius 3 is 1.10 bits per heavy atom. The maximum Gasteiger partial charge on any atom is 4.00 e. The third kappa shape index (κ3) is 7.74. The summed E-state index contributed by atoms with van der Waals surface area (Å²) in [6.07, 6.45) is 0. The summed E-state index contributed by atoms with van der Waals surface area (Å²) in [5.74, 6) is -2.70. The summed E-state index contributed by atoms with van der Waals surface area (Å²) in [5, 5.41) is 22.0. The van der Waals surface area contributed by atoms with Crippen molar-refractivity contribution in [2.75, 3.05) is 0 Å². The van der Waals surface area contributed by atoms with Gasteiger partial charge in [-0.1, -0.05) is 48.5 Å². The van der Waals surface area contributed by atoms with E-state index < -0.39 is 11.9 Å². The van der Waals surface area contributed by atoms with Crippen molar-refractivity contribution in [2.45, 2.75) is 0 Å². The van der Waals surface area contributed by atoms with E-state index in [0.29, 0.717) is 11.1 Å². The molecule has 0 bridgehead atoms. The number of hydrogen-bond acceptors (Lipinski definition) is 4. The Bertz CT molecular complexity index is 858. The average Bonchev–Trinajstić information content (AvgIpc) is 3.46. The van der Waals surface area contributed by atoms with Gasteiger partial charge in [-0.2, -0.15) is 36.4 Å². The van der Waals surface area contributed by atoms with Gasteiger partial charge in [0.15, 0.2) is 0 Å². The third-order valence-electron chi connectivity index (χ3n) is 3.70. The van der Waals surface area contributed by atoms with Crippen LogP contribution in [0.3, 0.4) is 0 Å². The Balaban J connectivity index is 0.000000311. The topological polar surface area (TPSA) is 80.3 Å². The molecule has 5 heteroatoms. The summed E-state index contributed by atoms with van der Waals surface area (Å²) in [6.45, 7) is 0. The van der Waals surface area contributed by atoms with Crippen molar-refractivity contribution in [3.63, 3.8) is 0 Å². The van der Waals surface area contributed by atoms with Crippen molar-refractivity contribution >= 4 is 11.9 Å². The SMILES string of the molecule is O=C([O-])c1ccccc1-c1ccccc1C(=O)[O-].[Ti+4].c1cc[cH-]c1.c1cc[cH-]c1. The molecule has 0 aliphatic rings. The van der Waals surface area contributed by atoms with E-state index in [0.717, 1.165) is 0 Å². The first-order valence-electron chi connectivity index (χ1n) is 8.55. The molecule has 0 amide bonds. The molecule has 0 aromatic heterocycles. The number of rotatable bonds is 3. The number of benzene rings is 2. The van der Waals surface area contributed by atoms with Gasteiger partial charge in [0.05, 0.1) is 11.9 Å². The maximum atomic E-state index is 11.0. The Kier molecular flexibility index (Phi) is 10.7. The fourth-order valence-electron chi connectivity index (χ4n) is 2.43. The number of carboxylic acids is 2. The maximum absolute atomic E-state index is 11.0. The van der Waals surface area contributed by atoms with Crippen LogP contribution in [-0.2, 0) is 21.7 Å². The van der Waals surface area contributed by atoms with E-state index in [4.69, 9.17) is 0 Å². The zero-order valence-electron chi connectivity index (χ0n) is 15.5. The van der Waals surface area contributed by atoms with Crippen LogP contribution >= 0.6 is 0 Å². The van der Waals surface area contributed by atoms with E-state index >= 15 is 0 Å². The van der Waals surface area contributed by atoms with E-state index in [9.17, 15) is 19.8 Å². The van der Waals surface area contributed by atoms with E-state index in [1.165, 1.54) is 24.3 Å². The Labute approximate surface area is 184 Å². The second kappa shape index (κ2) is 13.1. The molecule has 0 fully saturated rings. The number of carbonyl (C=O) groups excluding carboxylic acids is 2. The zero-order valence-corrected chi connectivity index (χ0v) is 17.1. The molecule has 0 spiro atoms. The molecule has 0 radical (unpaired) electrons. The summed E-state index contributed by atoms with van der Waals surface area (Å²) in [7, 11) is 0. The Morgan fingerprint density at radius 2 is 0.862 bits per heavy atom. The smallest absolute Gasteiger partial charge is 0.545 e. The van der Waals surface area contributed by atoms with Crippen LogP contribution < -0.4 is 10.2 Å². The number of hydrogen-bond donors (Lipinski definition) is 0. The van der Waals surface area contributed by atoms with Crippen LogP contribution in [0.4, 0.5) is 0 Å². The molecular weight excluding hydrogens is 400 g/mol. The van der Waals surface area contributed by atoms with Crippen LogP contribution in [0.1, 0.15) is 20.7 Å². The van der Waals surface area contributed by atoms with Gasteiger partial charge in [0.2, 0.25) is 0 Å². The summed E-state index contributed by atoms with van der Waals surface area (Å²) < 4.78 is 0. The van der Waals surface area contributed by atoms with Crippen LogP contribution in [0.25, 0.3) is 11.1 Å². The quantitative estimate of drug-likeness (QED) is 0.379. The Hall–Kier alpha value is -3.21. The molecule has 4 aromatic carbocycles. The molecule has 0 saturated carbocycles. The fourth-order valence-corrected chi connectivity index (χ4v) is 2.43. The summed E-state index contributed by atoms with van der Waals surface area (Å²) >= 11 is 0.